The second-order valence-electron chi connectivity index (χ2n) is 4.80. The van der Waals surface area contributed by atoms with Crippen LogP contribution in [0.5, 0.6) is 0 Å². The minimum Gasteiger partial charge on any atom is -0.312 e. The molecule has 0 amide bonds. The number of hydrogen-bond acceptors (Lipinski definition) is 3. The topological polar surface area (TPSA) is 30.7 Å². The van der Waals surface area contributed by atoms with Crippen LogP contribution < -0.4 is 0 Å². The number of fused-ring (bicyclic) bond motifs is 1. The van der Waals surface area contributed by atoms with E-state index in [4.69, 9.17) is 23.2 Å². The minimum atomic E-state index is 0.580. The summed E-state index contributed by atoms with van der Waals surface area (Å²) < 4.78 is 2.23. The summed E-state index contributed by atoms with van der Waals surface area (Å²) in [6, 6.07) is 1.88. The Morgan fingerprint density at radius 1 is 1.47 bits per heavy atom. The molecular formula is C13H15Cl2N3S. The number of imidazole rings is 1. The molecule has 1 unspecified atom stereocenters. The number of aryl methyl sites for hydroxylation is 1. The standard InChI is InChI=1S/C13H15Cl2N3S/c14-3-1-12-17-11-5-10(15)6-16-13(11)18(12)7-9-2-4-19-8-9/h5-6,9H,1-4,7-8H2. The summed E-state index contributed by atoms with van der Waals surface area (Å²) in [6.45, 7) is 0.990. The van der Waals surface area contributed by atoms with E-state index in [1.54, 1.807) is 6.20 Å². The number of pyridine rings is 1. The molecule has 0 radical (unpaired) electrons. The van der Waals surface area contributed by atoms with Crippen LogP contribution in [0.2, 0.25) is 5.02 Å². The third-order valence-corrected chi connectivity index (χ3v) is 5.04. The van der Waals surface area contributed by atoms with E-state index >= 15 is 0 Å². The van der Waals surface area contributed by atoms with Gasteiger partial charge in [-0.15, -0.1) is 11.6 Å². The second-order valence-corrected chi connectivity index (χ2v) is 6.77. The van der Waals surface area contributed by atoms with Gasteiger partial charge in [0, 0.05) is 25.0 Å². The van der Waals surface area contributed by atoms with Crippen molar-refractivity contribution in [1.29, 1.82) is 0 Å². The zero-order valence-electron chi connectivity index (χ0n) is 10.5. The van der Waals surface area contributed by atoms with Crippen molar-refractivity contribution in [3.05, 3.63) is 23.1 Å². The van der Waals surface area contributed by atoms with Crippen LogP contribution in [0, 0.1) is 5.92 Å². The van der Waals surface area contributed by atoms with Gasteiger partial charge >= 0.3 is 0 Å². The largest absolute Gasteiger partial charge is 0.312 e. The van der Waals surface area contributed by atoms with Crippen LogP contribution in [0.25, 0.3) is 11.2 Å². The van der Waals surface area contributed by atoms with Crippen LogP contribution in [0.4, 0.5) is 0 Å². The first-order chi connectivity index (χ1) is 9.28. The first-order valence-electron chi connectivity index (χ1n) is 6.42. The predicted molar refractivity (Wildman–Crippen MR) is 82.4 cm³/mol. The fraction of sp³-hybridized carbons (Fsp3) is 0.538. The van der Waals surface area contributed by atoms with Crippen LogP contribution in [-0.4, -0.2) is 31.9 Å². The van der Waals surface area contributed by atoms with E-state index in [1.165, 1.54) is 17.9 Å². The van der Waals surface area contributed by atoms with Crippen LogP contribution in [0.3, 0.4) is 0 Å². The Kier molecular flexibility index (Phi) is 4.20. The molecule has 0 aromatic carbocycles. The number of rotatable bonds is 4. The monoisotopic (exact) mass is 315 g/mol. The number of halogens is 2. The average molecular weight is 316 g/mol. The lowest BCUT2D eigenvalue weighted by Gasteiger charge is -2.12. The summed E-state index contributed by atoms with van der Waals surface area (Å²) in [6.07, 6.45) is 3.74. The van der Waals surface area contributed by atoms with Gasteiger partial charge in [-0.1, -0.05) is 11.6 Å². The Labute approximate surface area is 126 Å². The lowest BCUT2D eigenvalue weighted by Crippen LogP contribution is -2.13. The maximum absolute atomic E-state index is 5.99. The molecule has 1 aliphatic rings. The molecule has 0 spiro atoms. The van der Waals surface area contributed by atoms with E-state index in [2.05, 4.69) is 14.5 Å². The zero-order valence-corrected chi connectivity index (χ0v) is 12.8. The number of alkyl halides is 1. The van der Waals surface area contributed by atoms with Gasteiger partial charge in [-0.2, -0.15) is 11.8 Å². The molecule has 3 rings (SSSR count). The van der Waals surface area contributed by atoms with E-state index in [0.29, 0.717) is 16.8 Å². The SMILES string of the molecule is ClCCc1nc2cc(Cl)cnc2n1CC1CCSC1. The van der Waals surface area contributed by atoms with Crippen LogP contribution >= 0.6 is 35.0 Å². The molecule has 2 aromatic rings. The minimum absolute atomic E-state index is 0.580. The zero-order chi connectivity index (χ0) is 13.2. The maximum Gasteiger partial charge on any atom is 0.160 e. The van der Waals surface area contributed by atoms with Gasteiger partial charge in [-0.3, -0.25) is 0 Å². The first-order valence-corrected chi connectivity index (χ1v) is 8.49. The van der Waals surface area contributed by atoms with Gasteiger partial charge in [0.2, 0.25) is 0 Å². The highest BCUT2D eigenvalue weighted by atomic mass is 35.5. The predicted octanol–water partition coefficient (Wildman–Crippen LogP) is 3.62. The summed E-state index contributed by atoms with van der Waals surface area (Å²) >= 11 is 13.9. The Morgan fingerprint density at radius 2 is 2.37 bits per heavy atom. The average Bonchev–Trinajstić information content (AvgIpc) is 2.99. The molecule has 0 saturated carbocycles. The molecule has 1 aliphatic heterocycles. The molecule has 19 heavy (non-hydrogen) atoms. The molecule has 0 bridgehead atoms. The van der Waals surface area contributed by atoms with Crippen LogP contribution in [0.15, 0.2) is 12.3 Å². The van der Waals surface area contributed by atoms with Gasteiger partial charge in [-0.25, -0.2) is 9.97 Å². The van der Waals surface area contributed by atoms with E-state index in [9.17, 15) is 0 Å². The highest BCUT2D eigenvalue weighted by Crippen LogP contribution is 2.27. The summed E-state index contributed by atoms with van der Waals surface area (Å²) in [5, 5.41) is 0.631. The molecule has 3 heterocycles. The van der Waals surface area contributed by atoms with E-state index < -0.39 is 0 Å². The van der Waals surface area contributed by atoms with Gasteiger partial charge < -0.3 is 4.57 Å². The van der Waals surface area contributed by atoms with Crippen molar-refractivity contribution in [2.45, 2.75) is 19.4 Å². The Morgan fingerprint density at radius 3 is 3.11 bits per heavy atom. The highest BCUT2D eigenvalue weighted by Gasteiger charge is 2.20. The molecular weight excluding hydrogens is 301 g/mol. The fourth-order valence-electron chi connectivity index (χ4n) is 2.49. The van der Waals surface area contributed by atoms with Gasteiger partial charge in [0.15, 0.2) is 5.65 Å². The third-order valence-electron chi connectivity index (χ3n) is 3.41. The maximum atomic E-state index is 5.99. The first kappa shape index (κ1) is 13.5. The summed E-state index contributed by atoms with van der Waals surface area (Å²) in [5.41, 5.74) is 1.81. The van der Waals surface area contributed by atoms with Gasteiger partial charge in [-0.05, 0) is 29.9 Å². The third kappa shape index (κ3) is 2.86. The molecule has 102 valence electrons. The Bertz CT molecular complexity index is 579. The van der Waals surface area contributed by atoms with Crippen molar-refractivity contribution in [2.24, 2.45) is 5.92 Å². The Hall–Kier alpha value is -0.450. The number of hydrogen-bond donors (Lipinski definition) is 0. The summed E-state index contributed by atoms with van der Waals surface area (Å²) in [7, 11) is 0. The molecule has 3 nitrogen and oxygen atoms in total. The van der Waals surface area contributed by atoms with E-state index in [-0.39, 0.29) is 0 Å². The van der Waals surface area contributed by atoms with Crippen molar-refractivity contribution in [1.82, 2.24) is 14.5 Å². The Balaban J connectivity index is 2.00. The van der Waals surface area contributed by atoms with E-state index in [0.717, 1.165) is 30.0 Å². The van der Waals surface area contributed by atoms with Gasteiger partial charge in [0.05, 0.1) is 5.02 Å². The van der Waals surface area contributed by atoms with Crippen LogP contribution in [-0.2, 0) is 13.0 Å². The lowest BCUT2D eigenvalue weighted by molar-refractivity contribution is 0.488. The molecule has 1 atom stereocenters. The smallest absolute Gasteiger partial charge is 0.160 e. The molecule has 0 N–H and O–H groups in total. The van der Waals surface area contributed by atoms with Gasteiger partial charge in [0.1, 0.15) is 11.3 Å². The second kappa shape index (κ2) is 5.90. The quantitative estimate of drug-likeness (QED) is 0.807. The molecule has 1 fully saturated rings. The lowest BCUT2D eigenvalue weighted by atomic mass is 10.1. The van der Waals surface area contributed by atoms with Crippen molar-refractivity contribution in [3.8, 4) is 0 Å². The summed E-state index contributed by atoms with van der Waals surface area (Å²) in [4.78, 5) is 9.07. The molecule has 0 aliphatic carbocycles. The van der Waals surface area contributed by atoms with Gasteiger partial charge in [0.25, 0.3) is 0 Å². The molecule has 6 heteroatoms. The number of nitrogens with zero attached hydrogens (tertiary/aromatic N) is 3. The van der Waals surface area contributed by atoms with E-state index in [1.807, 2.05) is 17.8 Å². The fourth-order valence-corrected chi connectivity index (χ4v) is 4.08. The summed E-state index contributed by atoms with van der Waals surface area (Å²) in [5.74, 6) is 4.82. The molecule has 2 aromatic heterocycles. The molecule has 1 saturated heterocycles. The van der Waals surface area contributed by atoms with Crippen molar-refractivity contribution < 1.29 is 0 Å². The van der Waals surface area contributed by atoms with Crippen molar-refractivity contribution in [2.75, 3.05) is 17.4 Å². The van der Waals surface area contributed by atoms with Crippen molar-refractivity contribution >= 4 is 46.1 Å². The van der Waals surface area contributed by atoms with Crippen molar-refractivity contribution in [3.63, 3.8) is 0 Å². The normalized spacial score (nSPS) is 19.4. The highest BCUT2D eigenvalue weighted by molar-refractivity contribution is 7.99. The number of aromatic nitrogens is 3. The number of thioether (sulfide) groups is 1. The van der Waals surface area contributed by atoms with Crippen LogP contribution in [0.1, 0.15) is 12.2 Å².